The van der Waals surface area contributed by atoms with Crippen LogP contribution >= 0.6 is 169 Å². The van der Waals surface area contributed by atoms with Crippen LogP contribution in [0.1, 0.15) is 90.6 Å². The van der Waals surface area contributed by atoms with E-state index in [0.717, 1.165) is 107 Å². The molecule has 15 aromatic rings. The van der Waals surface area contributed by atoms with Gasteiger partial charge in [0, 0.05) is 144 Å². The molecule has 0 bridgehead atoms. The second-order valence-electron chi connectivity index (χ2n) is 31.7. The van der Waals surface area contributed by atoms with Gasteiger partial charge >= 0.3 is 179 Å². The Labute approximate surface area is 1040 Å². The Hall–Kier alpha value is -5.99. The standard InChI is InChI=1S/C19H22F2N4O3S.C19H22F2N4OS.C15H13BrF2N4O.C10H5BrClF2NO.C10H7BrClNO.C9H5BrClNO.C6H10N2.C3H3ClF2O2.CH2O3.BBr3.2Cs.H/c1-10-11(2)24-25-17(10)23-13-6-7-22-14-9-15(28-18(20)21)16(8-12(13)14)29(26,27)19(3,4)5;1-10-11(2)24-25-17(10)23-13-6-7-22-14-9-15(26-18(20)21)16(8-12(13)14)27-19(3,4)5;1-7-8(2)21-22-14(7)20-11-3-4-19-12-6-13(23-15(17)18)10(16)5-9(11)12;11-6-3-5-7(12)1-2-15-8(5)4-9(6)16-10(13)14;1-14-10-5-9-6(4-7(10)11)8(12)2-3-13-9;10-6-3-5-7(11)1-2-12-8(5)4-9(6)13;1-4-3-8-6(7)5(4)2;1-8-2(7)3(4,5)6;2-1-4-3;2-1(3)4;;;/h6-9,18H,1-5H3,(H2,22,23,24,25);6-9,18H,1-5H3,(H2,22,23,24,25);3-6,15H,1-2H3,(H2,19,20,21,22);1-4,10H;2-5H,1H3;1-4,13H;3H2,1-2H3,(H2,7,8);1H3;1,3H;;;;/q;;;;;;;;;;2*+1;-1/p-1. The zero-order valence-electron chi connectivity index (χ0n) is 82.2. The summed E-state index contributed by atoms with van der Waals surface area (Å²) in [4.78, 5) is 50.3. The van der Waals surface area contributed by atoms with Crippen molar-refractivity contribution in [3.63, 3.8) is 0 Å². The maximum atomic E-state index is 13.0. The SMILES string of the molecule is BrB(Br)Br.CC1=C(C)C(N)=NC1.COC(=O)C(F)(F)Cl.COc1cc2nccc(Cl)c2cc1Br.Cc1[nH]nc(Nc2ccnc3cc(OC(F)F)c(Br)cc23)c1C.Cc1[nH]nc(Nc2ccnc3cc(OC(F)F)c(S(=O)(=O)C(C)(C)C)cc23)c1C.Cc1[nH]nc(Nc2ccnc3cc(OC(F)F)c(SC(C)(C)C)cc23)c1C.FC(F)Oc1cc2nccc(Cl)c2cc1Br.O=CO[O-].Oc1cc2nccc(Cl)c2cc1Br.[Cs+].[Cs+].[H-]. The summed E-state index contributed by atoms with van der Waals surface area (Å²) in [6, 6.07) is 29.6. The van der Waals surface area contributed by atoms with Crippen LogP contribution < -0.4 is 188 Å². The van der Waals surface area contributed by atoms with Gasteiger partial charge in [0.1, 0.15) is 45.2 Å². The van der Waals surface area contributed by atoms with Crippen molar-refractivity contribution in [2.45, 2.75) is 148 Å². The normalized spacial score (nSPS) is 11.5. The molecule has 0 unspecified atom stereocenters. The van der Waals surface area contributed by atoms with Crippen molar-refractivity contribution in [1.29, 1.82) is 0 Å². The summed E-state index contributed by atoms with van der Waals surface area (Å²) >= 11 is 45.9. The minimum Gasteiger partial charge on any atom is -1.00 e. The molecule has 0 saturated carbocycles. The molecule has 784 valence electrons. The van der Waals surface area contributed by atoms with E-state index in [1.165, 1.54) is 74.8 Å². The number of phenolic OH excluding ortho intramolecular Hbond substituents is 1. The number of aromatic hydroxyl groups is 1. The molecule has 30 nitrogen and oxygen atoms in total. The molecular formula is C92H89BBr7Cl4Cs2F10N17O13S2. The van der Waals surface area contributed by atoms with Crippen molar-refractivity contribution < 1.29 is 245 Å². The fourth-order valence-electron chi connectivity index (χ4n) is 12.0. The number of phenols is 1. The summed E-state index contributed by atoms with van der Waals surface area (Å²) in [7, 11) is -1.52. The predicted octanol–water partition coefficient (Wildman–Crippen LogP) is 22.6. The third-order valence-electron chi connectivity index (χ3n) is 19.7. The first kappa shape index (κ1) is 132. The van der Waals surface area contributed by atoms with Gasteiger partial charge in [-0.15, -0.1) is 59.0 Å². The van der Waals surface area contributed by atoms with Crippen molar-refractivity contribution >= 4 is 300 Å². The number of aromatic nitrogens is 12. The molecule has 9 aromatic heterocycles. The van der Waals surface area contributed by atoms with E-state index in [0.29, 0.717) is 94.9 Å². The number of hydrogen-bond donors (Lipinski definition) is 8. The van der Waals surface area contributed by atoms with Gasteiger partial charge in [-0.05, 0) is 235 Å². The summed E-state index contributed by atoms with van der Waals surface area (Å²) in [6.45, 7) is 15.0. The Bertz CT molecular complexity index is 7300. The van der Waals surface area contributed by atoms with Crippen LogP contribution in [0, 0.1) is 41.5 Å². The van der Waals surface area contributed by atoms with Gasteiger partial charge in [0.15, 0.2) is 27.3 Å². The maximum absolute atomic E-state index is 13.0. The number of aliphatic imine (C=N–C) groups is 1. The molecule has 16 rings (SSSR count). The van der Waals surface area contributed by atoms with E-state index in [9.17, 15) is 62.2 Å². The average Bonchev–Trinajstić information content (AvgIpc) is 1.43. The summed E-state index contributed by atoms with van der Waals surface area (Å²) in [5.41, 5.74) is 19.2. The number of aromatic amines is 3. The third-order valence-corrected chi connectivity index (χ3v) is 27.0. The van der Waals surface area contributed by atoms with Gasteiger partial charge in [-0.25, -0.2) is 13.2 Å². The Morgan fingerprint density at radius 1 is 0.514 bits per heavy atom. The number of benzene rings is 6. The minimum absolute atomic E-state index is 0. The number of nitrogens with two attached hydrogens (primary N) is 1. The van der Waals surface area contributed by atoms with Crippen LogP contribution in [0.3, 0.4) is 0 Å². The van der Waals surface area contributed by atoms with Gasteiger partial charge in [-0.1, -0.05) is 55.6 Å². The average molecular weight is 2870 g/mol. The summed E-state index contributed by atoms with van der Waals surface area (Å²) < 4.78 is 178. The Morgan fingerprint density at radius 2 is 0.818 bits per heavy atom. The number of rotatable bonds is 19. The van der Waals surface area contributed by atoms with Gasteiger partial charge in [0.05, 0.1) is 114 Å². The van der Waals surface area contributed by atoms with Crippen molar-refractivity contribution in [2.24, 2.45) is 10.7 Å². The monoisotopic (exact) mass is 2860 g/mol. The fourth-order valence-corrected chi connectivity index (χ4v) is 16.7. The van der Waals surface area contributed by atoms with Crippen LogP contribution in [0.4, 0.5) is 78.4 Å². The molecule has 148 heavy (non-hydrogen) atoms. The fraction of sp³-hybridized carbons (Fsp3) is 0.261. The Kier molecular flexibility index (Phi) is 55.0. The van der Waals surface area contributed by atoms with Crippen LogP contribution in [0.5, 0.6) is 34.5 Å². The molecule has 0 aliphatic carbocycles. The zero-order chi connectivity index (χ0) is 109. The zero-order valence-corrected chi connectivity index (χ0v) is 109. The minimum atomic E-state index is -3.97. The van der Waals surface area contributed by atoms with Crippen molar-refractivity contribution in [3.8, 4) is 34.5 Å². The number of amidine groups is 1. The topological polar surface area (TPSA) is 414 Å². The molecule has 56 heteroatoms. The van der Waals surface area contributed by atoms with E-state index in [-0.39, 0.29) is 182 Å². The predicted molar refractivity (Wildman–Crippen MR) is 576 cm³/mol. The molecule has 9 N–H and O–H groups in total. The number of nitrogens with one attached hydrogen (secondary N) is 6. The molecule has 0 amide bonds. The second-order valence-corrected chi connectivity index (χ2v) is 47.8. The van der Waals surface area contributed by atoms with Crippen molar-refractivity contribution in [3.05, 3.63) is 224 Å². The van der Waals surface area contributed by atoms with Crippen LogP contribution in [-0.4, -0.2) is 158 Å². The number of carbonyl (C=O) groups is 2. The van der Waals surface area contributed by atoms with Gasteiger partial charge in [0.2, 0.25) is 0 Å². The van der Waals surface area contributed by atoms with Gasteiger partial charge in [-0.3, -0.25) is 55.0 Å². The molecule has 1 aliphatic heterocycles. The van der Waals surface area contributed by atoms with E-state index in [1.54, 1.807) is 92.6 Å². The number of sulfone groups is 1. The number of H-pyrrole nitrogens is 3. The second kappa shape index (κ2) is 61.5. The van der Waals surface area contributed by atoms with E-state index in [4.69, 9.17) is 60.1 Å². The molecule has 6 aromatic carbocycles. The maximum Gasteiger partial charge on any atom is 1.00 e. The number of carbonyl (C=O) groups excluding carboxylic acids is 2. The van der Waals surface area contributed by atoms with Crippen molar-refractivity contribution in [2.75, 3.05) is 36.7 Å². The molecular weight excluding hydrogens is 2780 g/mol. The number of methoxy groups -OCH3 is 2. The van der Waals surface area contributed by atoms with Crippen LogP contribution in [0.2, 0.25) is 15.1 Å². The molecule has 0 saturated heterocycles. The molecule has 0 atom stereocenters. The molecule has 0 radical (unpaired) electrons. The van der Waals surface area contributed by atoms with E-state index >= 15 is 0 Å². The molecule has 0 fully saturated rings. The number of ether oxygens (including phenoxy) is 6. The van der Waals surface area contributed by atoms with Gasteiger partial charge < -0.3 is 66.8 Å². The Balaban J connectivity index is 0.000000360. The summed E-state index contributed by atoms with van der Waals surface area (Å²) in [5.74, 6) is 1.69. The van der Waals surface area contributed by atoms with Crippen LogP contribution in [0.15, 0.2) is 190 Å². The van der Waals surface area contributed by atoms with E-state index < -0.39 is 58.1 Å². The number of anilines is 6. The number of thioether (sulfide) groups is 1. The number of esters is 1. The molecule has 0 spiro atoms. The van der Waals surface area contributed by atoms with Crippen LogP contribution in [0.25, 0.3) is 65.4 Å². The molecule has 10 heterocycles. The molecule has 1 aliphatic rings. The number of hydrogen-bond acceptors (Lipinski definition) is 28. The van der Waals surface area contributed by atoms with Gasteiger partial charge in [0.25, 0.3) is 6.47 Å². The first-order chi connectivity index (χ1) is 68.3. The first-order valence-corrected chi connectivity index (χ1v) is 51.3. The Morgan fingerprint density at radius 3 is 1.11 bits per heavy atom. The summed E-state index contributed by atoms with van der Waals surface area (Å²) in [6.07, 6.45) is 9.51. The number of pyridine rings is 6. The summed E-state index contributed by atoms with van der Waals surface area (Å²) in [5, 5.41) is 51.3. The van der Waals surface area contributed by atoms with Gasteiger partial charge in [-0.2, -0.15) is 59.2 Å². The smallest absolute Gasteiger partial charge is 1.00 e. The van der Waals surface area contributed by atoms with E-state index in [2.05, 4.69) is 235 Å². The quantitative estimate of drug-likeness (QED) is 0.00545. The number of aryl methyl sites for hydroxylation is 3. The number of alkyl halides is 11. The largest absolute Gasteiger partial charge is 1.00 e. The number of halogens is 21. The van der Waals surface area contributed by atoms with Crippen molar-refractivity contribution in [1.82, 2.24) is 60.5 Å². The van der Waals surface area contributed by atoms with E-state index in [1.807, 2.05) is 93.5 Å². The third kappa shape index (κ3) is 39.7. The number of nitrogens with zero attached hydrogens (tertiary/aromatic N) is 10. The first-order valence-electron chi connectivity index (χ1n) is 41.6. The number of fused-ring (bicyclic) bond motifs is 6. The van der Waals surface area contributed by atoms with Crippen LogP contribution in [-0.2, 0) is 29.1 Å².